The first-order valence-corrected chi connectivity index (χ1v) is 19.8. The molecule has 0 spiro atoms. The van der Waals surface area contributed by atoms with Crippen LogP contribution in [0.4, 0.5) is 0 Å². The topological polar surface area (TPSA) is 4.93 Å². The molecule has 8 rings (SSSR count). The fraction of sp³-hybridized carbons (Fsp3) is 0.316. The summed E-state index contributed by atoms with van der Waals surface area (Å²) in [5.74, 6) is 0. The largest absolute Gasteiger partial charge is 1.00 e. The summed E-state index contributed by atoms with van der Waals surface area (Å²) < 4.78 is 3.13. The first-order valence-electron chi connectivity index (χ1n) is 15.3. The minimum atomic E-state index is -1.19. The van der Waals surface area contributed by atoms with Gasteiger partial charge in [-0.05, 0) is 37.6 Å². The summed E-state index contributed by atoms with van der Waals surface area (Å²) in [6, 6.07) is 29.2. The molecule has 2 aliphatic heterocycles. The molecule has 0 radical (unpaired) electrons. The molecule has 2 atom stereocenters. The summed E-state index contributed by atoms with van der Waals surface area (Å²) in [5, 5.41) is 1.73. The Balaban J connectivity index is 0.000000189. The van der Waals surface area contributed by atoms with Crippen LogP contribution >= 0.6 is 0 Å². The number of para-hydroxylation sites is 1. The molecule has 0 amide bonds. The second kappa shape index (κ2) is 13.6. The number of aryl methyl sites for hydroxylation is 2. The summed E-state index contributed by atoms with van der Waals surface area (Å²) in [6.07, 6.45) is 7.53. The average Bonchev–Trinajstić information content (AvgIpc) is 3.62. The van der Waals surface area contributed by atoms with Crippen LogP contribution < -0.4 is 24.8 Å². The number of benzene rings is 3. The van der Waals surface area contributed by atoms with Gasteiger partial charge in [0, 0.05) is 22.6 Å². The van der Waals surface area contributed by atoms with E-state index in [1.807, 2.05) is 0 Å². The Labute approximate surface area is 287 Å². The Bertz CT molecular complexity index is 1660. The van der Waals surface area contributed by atoms with E-state index in [0.717, 1.165) is 5.54 Å². The van der Waals surface area contributed by atoms with Crippen molar-refractivity contribution >= 4 is 19.3 Å². The summed E-state index contributed by atoms with van der Waals surface area (Å²) in [7, 11) is -1.19. The van der Waals surface area contributed by atoms with E-state index in [0.29, 0.717) is 3.63 Å². The van der Waals surface area contributed by atoms with Crippen LogP contribution in [0.1, 0.15) is 82.8 Å². The van der Waals surface area contributed by atoms with Gasteiger partial charge in [-0.1, -0.05) is 49.0 Å². The fourth-order valence-corrected chi connectivity index (χ4v) is 12.8. The maximum absolute atomic E-state index is 2.52. The number of rotatable bonds is 6. The summed E-state index contributed by atoms with van der Waals surface area (Å²) in [6.45, 7) is 14.1. The Morgan fingerprint density at radius 3 is 2.16 bits per heavy atom. The van der Waals surface area contributed by atoms with Crippen LogP contribution in [0.2, 0.25) is 13.1 Å². The quantitative estimate of drug-likeness (QED) is 0.205. The van der Waals surface area contributed by atoms with Crippen molar-refractivity contribution in [1.82, 2.24) is 4.57 Å². The Hall–Kier alpha value is -1.90. The van der Waals surface area contributed by atoms with E-state index in [4.69, 9.17) is 0 Å². The van der Waals surface area contributed by atoms with Crippen LogP contribution in [0.25, 0.3) is 28.1 Å². The van der Waals surface area contributed by atoms with Crippen molar-refractivity contribution in [2.45, 2.75) is 75.6 Å². The molecule has 4 aliphatic rings. The molecule has 0 saturated heterocycles. The van der Waals surface area contributed by atoms with Gasteiger partial charge in [-0.2, -0.15) is 0 Å². The average molecular weight is 703 g/mol. The normalized spacial score (nSPS) is 18.4. The van der Waals surface area contributed by atoms with Crippen LogP contribution in [-0.2, 0) is 31.1 Å². The molecule has 0 saturated carbocycles. The van der Waals surface area contributed by atoms with Gasteiger partial charge in [-0.25, -0.2) is 0 Å². The van der Waals surface area contributed by atoms with Gasteiger partial charge in [0.05, 0.1) is 8.07 Å². The van der Waals surface area contributed by atoms with Crippen molar-refractivity contribution in [3.05, 3.63) is 124 Å². The monoisotopic (exact) mass is 700 g/mol. The van der Waals surface area contributed by atoms with E-state index < -0.39 is 8.07 Å². The number of halogens is 2. The van der Waals surface area contributed by atoms with Gasteiger partial charge in [0.25, 0.3) is 0 Å². The van der Waals surface area contributed by atoms with Crippen molar-refractivity contribution in [3.63, 3.8) is 0 Å². The zero-order chi connectivity index (χ0) is 28.9. The number of allylic oxidation sites excluding steroid dienone is 2. The molecule has 2 unspecified atom stereocenters. The van der Waals surface area contributed by atoms with Crippen LogP contribution in [0.3, 0.4) is 0 Å². The van der Waals surface area contributed by atoms with Crippen LogP contribution in [0, 0.1) is 6.92 Å². The van der Waals surface area contributed by atoms with Gasteiger partial charge in [-0.15, -0.1) is 0 Å². The summed E-state index contributed by atoms with van der Waals surface area (Å²) in [5.41, 5.74) is 16.9. The summed E-state index contributed by atoms with van der Waals surface area (Å²) in [4.78, 5) is 0. The number of hydrogen-bond donors (Lipinski definition) is 0. The van der Waals surface area contributed by atoms with Gasteiger partial charge in [0.2, 0.25) is 0 Å². The molecule has 1 aromatic heterocycles. The summed E-state index contributed by atoms with van der Waals surface area (Å²) >= 11 is 1.59. The molecule has 0 fully saturated rings. The van der Waals surface area contributed by atoms with Gasteiger partial charge < -0.3 is 29.4 Å². The Kier molecular flexibility index (Phi) is 10.8. The molecular formula is C38H42Cl2NSiZr. The molecule has 4 aromatic rings. The number of aromatic nitrogens is 1. The van der Waals surface area contributed by atoms with E-state index in [2.05, 4.69) is 130 Å². The van der Waals surface area contributed by atoms with Gasteiger partial charge >= 0.3 is 143 Å². The molecule has 3 heterocycles. The molecule has 3 aromatic carbocycles. The molecule has 1 nitrogen and oxygen atoms in total. The number of unbranched alkanes of at least 4 members (excludes halogenated alkanes) is 2. The maximum atomic E-state index is 2.52. The first-order chi connectivity index (χ1) is 19.7. The number of hydrogen-bond acceptors (Lipinski definition) is 0. The van der Waals surface area contributed by atoms with Gasteiger partial charge in [-0.3, -0.25) is 0 Å². The van der Waals surface area contributed by atoms with Crippen molar-refractivity contribution in [2.24, 2.45) is 0 Å². The molecule has 43 heavy (non-hydrogen) atoms. The van der Waals surface area contributed by atoms with Gasteiger partial charge in [0.15, 0.2) is 0 Å². The third-order valence-corrected chi connectivity index (χ3v) is 15.6. The second-order valence-corrected chi connectivity index (χ2v) is 18.7. The predicted molar refractivity (Wildman–Crippen MR) is 175 cm³/mol. The predicted octanol–water partition coefficient (Wildman–Crippen LogP) is 4.56. The standard InChI is InChI=1S/C21H23.C17H19NSi.2ClH.Zr/c1-3-4-5-7-17-10-12-18(13-11-17)20-9-6-8-19-14-16(2)15-21(19)20;1-11-10-14-15(17-12(2)16(14)19(17,3)4)18(11)13-8-6-5-7-9-13;;;/h6,8-15H,3-5,7H2,1-2H3;5-10,17H,1-4H3;2*1H;/q;;;;+2/p-2. The van der Waals surface area contributed by atoms with E-state index in [1.165, 1.54) is 70.5 Å². The second-order valence-electron chi connectivity index (χ2n) is 12.8. The zero-order valence-corrected chi connectivity index (χ0v) is 31.2. The van der Waals surface area contributed by atoms with E-state index in [1.54, 1.807) is 46.7 Å². The third kappa shape index (κ3) is 5.93. The van der Waals surface area contributed by atoms with E-state index >= 15 is 0 Å². The maximum Gasteiger partial charge on any atom is -1.00 e. The number of fused-ring (bicyclic) bond motifs is 1. The molecule has 0 N–H and O–H groups in total. The van der Waals surface area contributed by atoms with Crippen LogP contribution in [0.5, 0.6) is 0 Å². The van der Waals surface area contributed by atoms with Crippen LogP contribution in [0.15, 0.2) is 90.0 Å². The Morgan fingerprint density at radius 1 is 0.814 bits per heavy atom. The van der Waals surface area contributed by atoms with Crippen molar-refractivity contribution in [2.75, 3.05) is 0 Å². The van der Waals surface area contributed by atoms with Crippen molar-refractivity contribution < 1.29 is 49.5 Å². The van der Waals surface area contributed by atoms with Gasteiger partial charge in [0.1, 0.15) is 0 Å². The molecule has 2 aliphatic carbocycles. The zero-order valence-electron chi connectivity index (χ0n) is 26.3. The Morgan fingerprint density at radius 2 is 1.51 bits per heavy atom. The SMILES string of the molecule is CC1=C2c3cc(C)n(-c4ccccc4)c3C1[Si]2(C)C.CCCCCc1ccc(-c2cccc3c2C=C(C)[CH]3[Zr+2])cc1.[Cl-].[Cl-]. The molecule has 5 heteroatoms. The van der Waals surface area contributed by atoms with E-state index in [9.17, 15) is 0 Å². The smallest absolute Gasteiger partial charge is 1.00 e. The van der Waals surface area contributed by atoms with E-state index in [-0.39, 0.29) is 24.8 Å². The fourth-order valence-electron chi connectivity index (χ4n) is 7.66. The molecular weight excluding hydrogens is 661 g/mol. The number of nitrogens with zero attached hydrogens (tertiary/aromatic N) is 1. The van der Waals surface area contributed by atoms with Crippen molar-refractivity contribution in [1.29, 1.82) is 0 Å². The first kappa shape index (κ1) is 34.0. The minimum Gasteiger partial charge on any atom is -1.00 e. The minimum absolute atomic E-state index is 0. The van der Waals surface area contributed by atoms with Crippen LogP contribution in [-0.4, -0.2) is 12.6 Å². The molecule has 221 valence electrons. The molecule has 2 bridgehead atoms. The third-order valence-electron chi connectivity index (χ3n) is 9.59. The van der Waals surface area contributed by atoms with Crippen molar-refractivity contribution in [3.8, 4) is 16.8 Å².